The van der Waals surface area contributed by atoms with Crippen LogP contribution in [-0.4, -0.2) is 9.97 Å². The highest BCUT2D eigenvalue weighted by atomic mass is 16.2. The summed E-state index contributed by atoms with van der Waals surface area (Å²) in [5.41, 5.74) is 1.28. The van der Waals surface area contributed by atoms with Gasteiger partial charge in [0.15, 0.2) is 0 Å². The van der Waals surface area contributed by atoms with Crippen LogP contribution in [0.5, 0.6) is 0 Å². The highest BCUT2D eigenvalue weighted by Gasteiger charge is 2.18. The zero-order valence-electron chi connectivity index (χ0n) is 11.2. The summed E-state index contributed by atoms with van der Waals surface area (Å²) in [5, 5.41) is 12.2. The molecule has 20 heavy (non-hydrogen) atoms. The molecule has 1 aromatic carbocycles. The lowest BCUT2D eigenvalue weighted by Gasteiger charge is -2.14. The molecule has 0 aliphatic rings. The molecule has 0 bridgehead atoms. The Bertz CT molecular complexity index is 765. The van der Waals surface area contributed by atoms with Crippen LogP contribution in [-0.2, 0) is 0 Å². The number of benzene rings is 1. The van der Waals surface area contributed by atoms with E-state index in [-0.39, 0.29) is 5.56 Å². The highest BCUT2D eigenvalue weighted by Crippen LogP contribution is 2.18. The standard InChI is InChI=1S/C14H14N4O2/c1-8-3-5-10(6-4-8)17-11(7-15)12-9(2)16-14(20)18-13(12)19/h3-6,11,17H,1-2H3,(H2,16,18,19,20)/t11-/m0/s1. The quantitative estimate of drug-likeness (QED) is 0.783. The predicted molar refractivity (Wildman–Crippen MR) is 75.6 cm³/mol. The topological polar surface area (TPSA) is 102 Å². The Labute approximate surface area is 115 Å². The molecule has 0 fully saturated rings. The molecule has 102 valence electrons. The van der Waals surface area contributed by atoms with Crippen molar-refractivity contribution in [2.45, 2.75) is 19.9 Å². The molecule has 1 heterocycles. The fraction of sp³-hybridized carbons (Fsp3) is 0.214. The van der Waals surface area contributed by atoms with Crippen molar-refractivity contribution < 1.29 is 0 Å². The van der Waals surface area contributed by atoms with E-state index >= 15 is 0 Å². The number of hydrogen-bond acceptors (Lipinski definition) is 4. The van der Waals surface area contributed by atoms with Crippen molar-refractivity contribution in [1.82, 2.24) is 9.97 Å². The summed E-state index contributed by atoms with van der Waals surface area (Å²) in [7, 11) is 0. The van der Waals surface area contributed by atoms with Crippen LogP contribution in [0.25, 0.3) is 0 Å². The van der Waals surface area contributed by atoms with Crippen LogP contribution in [0, 0.1) is 25.2 Å². The lowest BCUT2D eigenvalue weighted by molar-refractivity contribution is 0.877. The van der Waals surface area contributed by atoms with Crippen molar-refractivity contribution in [3.63, 3.8) is 0 Å². The Morgan fingerprint density at radius 3 is 2.35 bits per heavy atom. The van der Waals surface area contributed by atoms with Crippen LogP contribution in [0.15, 0.2) is 33.9 Å². The van der Waals surface area contributed by atoms with Crippen molar-refractivity contribution in [2.75, 3.05) is 5.32 Å². The summed E-state index contributed by atoms with van der Waals surface area (Å²) in [4.78, 5) is 27.6. The van der Waals surface area contributed by atoms with Gasteiger partial charge in [-0.2, -0.15) is 5.26 Å². The first-order valence-corrected chi connectivity index (χ1v) is 6.07. The molecule has 1 aromatic heterocycles. The van der Waals surface area contributed by atoms with E-state index in [1.54, 1.807) is 6.92 Å². The Balaban J connectivity index is 2.39. The summed E-state index contributed by atoms with van der Waals surface area (Å²) >= 11 is 0. The molecular weight excluding hydrogens is 256 g/mol. The van der Waals surface area contributed by atoms with Gasteiger partial charge in [0.05, 0.1) is 11.6 Å². The summed E-state index contributed by atoms with van der Waals surface area (Å²) < 4.78 is 0. The van der Waals surface area contributed by atoms with Crippen molar-refractivity contribution in [2.24, 2.45) is 0 Å². The molecule has 0 amide bonds. The SMILES string of the molecule is Cc1ccc(N[C@@H](C#N)c2c(C)[nH]c(=O)[nH]c2=O)cc1. The lowest BCUT2D eigenvalue weighted by atomic mass is 10.1. The second kappa shape index (κ2) is 5.45. The van der Waals surface area contributed by atoms with E-state index < -0.39 is 17.3 Å². The van der Waals surface area contributed by atoms with Gasteiger partial charge in [0.2, 0.25) is 0 Å². The second-order valence-electron chi connectivity index (χ2n) is 4.52. The van der Waals surface area contributed by atoms with Gasteiger partial charge >= 0.3 is 5.69 Å². The molecule has 2 rings (SSSR count). The summed E-state index contributed by atoms with van der Waals surface area (Å²) in [6.07, 6.45) is 0. The third-order valence-electron chi connectivity index (χ3n) is 2.96. The normalized spacial score (nSPS) is 11.7. The third-order valence-corrected chi connectivity index (χ3v) is 2.96. The Hall–Kier alpha value is -2.81. The van der Waals surface area contributed by atoms with Crippen molar-refractivity contribution >= 4 is 5.69 Å². The number of nitrogens with zero attached hydrogens (tertiary/aromatic N) is 1. The number of aryl methyl sites for hydroxylation is 2. The largest absolute Gasteiger partial charge is 0.366 e. The van der Waals surface area contributed by atoms with Gasteiger partial charge in [0, 0.05) is 11.4 Å². The van der Waals surface area contributed by atoms with E-state index in [9.17, 15) is 14.9 Å². The number of hydrogen-bond donors (Lipinski definition) is 3. The molecule has 1 atom stereocenters. The van der Waals surface area contributed by atoms with Crippen LogP contribution in [0.2, 0.25) is 0 Å². The number of nitriles is 1. The van der Waals surface area contributed by atoms with Crippen molar-refractivity contribution in [3.05, 3.63) is 61.9 Å². The van der Waals surface area contributed by atoms with Gasteiger partial charge in [0.1, 0.15) is 6.04 Å². The van der Waals surface area contributed by atoms with Crippen LogP contribution >= 0.6 is 0 Å². The first-order valence-electron chi connectivity index (χ1n) is 6.07. The van der Waals surface area contributed by atoms with Gasteiger partial charge in [0.25, 0.3) is 5.56 Å². The zero-order valence-corrected chi connectivity index (χ0v) is 11.2. The molecule has 0 saturated carbocycles. The maximum absolute atomic E-state index is 11.8. The smallest absolute Gasteiger partial charge is 0.325 e. The van der Waals surface area contributed by atoms with Crippen molar-refractivity contribution in [1.29, 1.82) is 5.26 Å². The molecule has 0 saturated heterocycles. The lowest BCUT2D eigenvalue weighted by Crippen LogP contribution is -2.30. The monoisotopic (exact) mass is 270 g/mol. The third kappa shape index (κ3) is 2.78. The fourth-order valence-electron chi connectivity index (χ4n) is 1.94. The predicted octanol–water partition coefficient (Wildman–Crippen LogP) is 1.36. The fourth-order valence-corrected chi connectivity index (χ4v) is 1.94. The molecule has 0 unspecified atom stereocenters. The van der Waals surface area contributed by atoms with Crippen LogP contribution < -0.4 is 16.6 Å². The summed E-state index contributed by atoms with van der Waals surface area (Å²) in [6.45, 7) is 3.55. The number of H-pyrrole nitrogens is 2. The van der Waals surface area contributed by atoms with Gasteiger partial charge in [-0.25, -0.2) is 4.79 Å². The molecule has 6 heteroatoms. The van der Waals surface area contributed by atoms with Gasteiger partial charge in [-0.05, 0) is 26.0 Å². The molecule has 0 spiro atoms. The minimum atomic E-state index is -0.835. The van der Waals surface area contributed by atoms with E-state index in [1.807, 2.05) is 37.3 Å². The van der Waals surface area contributed by atoms with Crippen molar-refractivity contribution in [3.8, 4) is 6.07 Å². The molecule has 3 N–H and O–H groups in total. The maximum Gasteiger partial charge on any atom is 0.325 e. The molecular formula is C14H14N4O2. The van der Waals surface area contributed by atoms with Gasteiger partial charge in [-0.15, -0.1) is 0 Å². The number of aromatic amines is 2. The average Bonchev–Trinajstić information content (AvgIpc) is 2.38. The summed E-state index contributed by atoms with van der Waals surface area (Å²) in [6, 6.07) is 8.66. The minimum absolute atomic E-state index is 0.215. The van der Waals surface area contributed by atoms with E-state index in [0.717, 1.165) is 11.3 Å². The molecule has 6 nitrogen and oxygen atoms in total. The van der Waals surface area contributed by atoms with Gasteiger partial charge < -0.3 is 10.3 Å². The molecule has 0 radical (unpaired) electrons. The van der Waals surface area contributed by atoms with Gasteiger partial charge in [-0.3, -0.25) is 9.78 Å². The summed E-state index contributed by atoms with van der Waals surface area (Å²) in [5.74, 6) is 0. The number of nitrogens with one attached hydrogen (secondary N) is 3. The first kappa shape index (κ1) is 13.6. The highest BCUT2D eigenvalue weighted by molar-refractivity contribution is 5.48. The van der Waals surface area contributed by atoms with E-state index in [4.69, 9.17) is 0 Å². The number of anilines is 1. The first-order chi connectivity index (χ1) is 9.51. The van der Waals surface area contributed by atoms with E-state index in [1.165, 1.54) is 0 Å². The Kier molecular flexibility index (Phi) is 3.71. The van der Waals surface area contributed by atoms with Crippen LogP contribution in [0.1, 0.15) is 22.9 Å². The number of rotatable bonds is 3. The van der Waals surface area contributed by atoms with Crippen LogP contribution in [0.4, 0.5) is 5.69 Å². The Morgan fingerprint density at radius 1 is 1.15 bits per heavy atom. The Morgan fingerprint density at radius 2 is 1.80 bits per heavy atom. The minimum Gasteiger partial charge on any atom is -0.366 e. The zero-order chi connectivity index (χ0) is 14.7. The van der Waals surface area contributed by atoms with E-state index in [2.05, 4.69) is 15.3 Å². The molecule has 2 aromatic rings. The molecule has 0 aliphatic carbocycles. The van der Waals surface area contributed by atoms with E-state index in [0.29, 0.717) is 5.69 Å². The number of aromatic nitrogens is 2. The average molecular weight is 270 g/mol. The maximum atomic E-state index is 11.8. The second-order valence-corrected chi connectivity index (χ2v) is 4.52. The molecule has 0 aliphatic heterocycles. The van der Waals surface area contributed by atoms with Crippen LogP contribution in [0.3, 0.4) is 0 Å². The van der Waals surface area contributed by atoms with Gasteiger partial charge in [-0.1, -0.05) is 17.7 Å².